The molecule has 0 saturated carbocycles. The number of rotatable bonds is 3. The Morgan fingerprint density at radius 2 is 2.19 bits per heavy atom. The molecule has 16 heavy (non-hydrogen) atoms. The SMILES string of the molecule is Cc1ccnc(OCC(F)(F)F)c1C(N)=S. The summed E-state index contributed by atoms with van der Waals surface area (Å²) in [5.74, 6) is -0.190. The van der Waals surface area contributed by atoms with Gasteiger partial charge in [0, 0.05) is 6.20 Å². The highest BCUT2D eigenvalue weighted by atomic mass is 32.1. The van der Waals surface area contributed by atoms with Gasteiger partial charge in [0.2, 0.25) is 5.88 Å². The summed E-state index contributed by atoms with van der Waals surface area (Å²) in [6, 6.07) is 1.59. The van der Waals surface area contributed by atoms with Crippen molar-refractivity contribution in [3.05, 3.63) is 23.4 Å². The molecular formula is C9H9F3N2OS. The monoisotopic (exact) mass is 250 g/mol. The van der Waals surface area contributed by atoms with E-state index in [1.54, 1.807) is 13.0 Å². The quantitative estimate of drug-likeness (QED) is 0.833. The second kappa shape index (κ2) is 4.65. The van der Waals surface area contributed by atoms with Crippen LogP contribution in [0.15, 0.2) is 12.3 Å². The first-order valence-corrected chi connectivity index (χ1v) is 4.67. The number of hydrogen-bond donors (Lipinski definition) is 1. The summed E-state index contributed by atoms with van der Waals surface area (Å²) in [6.45, 7) is 0.246. The number of nitrogens with zero attached hydrogens (tertiary/aromatic N) is 1. The van der Waals surface area contributed by atoms with Gasteiger partial charge in [0.25, 0.3) is 0 Å². The minimum atomic E-state index is -4.42. The second-order valence-electron chi connectivity index (χ2n) is 3.08. The normalized spacial score (nSPS) is 11.2. The molecule has 0 atom stereocenters. The largest absolute Gasteiger partial charge is 0.467 e. The average Bonchev–Trinajstić information content (AvgIpc) is 2.12. The average molecular weight is 250 g/mol. The molecule has 88 valence electrons. The van der Waals surface area contributed by atoms with Gasteiger partial charge in [-0.3, -0.25) is 0 Å². The van der Waals surface area contributed by atoms with Crippen molar-refractivity contribution in [2.45, 2.75) is 13.1 Å². The molecule has 1 heterocycles. The van der Waals surface area contributed by atoms with Crippen molar-refractivity contribution < 1.29 is 17.9 Å². The Kier molecular flexibility index (Phi) is 3.69. The van der Waals surface area contributed by atoms with Crippen molar-refractivity contribution in [1.29, 1.82) is 0 Å². The molecule has 0 bridgehead atoms. The lowest BCUT2D eigenvalue weighted by molar-refractivity contribution is -0.154. The Bertz CT molecular complexity index is 406. The van der Waals surface area contributed by atoms with E-state index >= 15 is 0 Å². The molecule has 0 aliphatic heterocycles. The third kappa shape index (κ3) is 3.34. The number of ether oxygens (including phenoxy) is 1. The molecule has 0 aliphatic rings. The molecule has 7 heteroatoms. The van der Waals surface area contributed by atoms with Crippen LogP contribution in [0.5, 0.6) is 5.88 Å². The van der Waals surface area contributed by atoms with Crippen molar-refractivity contribution in [3.63, 3.8) is 0 Å². The Morgan fingerprint density at radius 1 is 1.56 bits per heavy atom. The van der Waals surface area contributed by atoms with Gasteiger partial charge in [0.05, 0.1) is 5.56 Å². The second-order valence-corrected chi connectivity index (χ2v) is 3.52. The van der Waals surface area contributed by atoms with Gasteiger partial charge in [-0.15, -0.1) is 0 Å². The maximum Gasteiger partial charge on any atom is 0.422 e. The summed E-state index contributed by atoms with van der Waals surface area (Å²) < 4.78 is 40.4. The lowest BCUT2D eigenvalue weighted by Gasteiger charge is -2.12. The molecule has 1 aromatic heterocycles. The number of aromatic nitrogens is 1. The molecule has 0 amide bonds. The fraction of sp³-hybridized carbons (Fsp3) is 0.333. The predicted octanol–water partition coefficient (Wildman–Crippen LogP) is 1.97. The maximum absolute atomic E-state index is 12.0. The maximum atomic E-state index is 12.0. The van der Waals surface area contributed by atoms with Crippen LogP contribution in [0.2, 0.25) is 0 Å². The fourth-order valence-corrected chi connectivity index (χ4v) is 1.34. The zero-order valence-corrected chi connectivity index (χ0v) is 9.15. The van der Waals surface area contributed by atoms with Crippen LogP contribution in [0.1, 0.15) is 11.1 Å². The Labute approximate surface area is 95.4 Å². The molecule has 3 nitrogen and oxygen atoms in total. The van der Waals surface area contributed by atoms with Crippen LogP contribution in [0, 0.1) is 6.92 Å². The van der Waals surface area contributed by atoms with Crippen molar-refractivity contribution in [1.82, 2.24) is 4.98 Å². The van der Waals surface area contributed by atoms with Gasteiger partial charge in [-0.2, -0.15) is 13.2 Å². The van der Waals surface area contributed by atoms with Crippen molar-refractivity contribution in [2.24, 2.45) is 5.73 Å². The summed E-state index contributed by atoms with van der Waals surface area (Å²) >= 11 is 4.72. The van der Waals surface area contributed by atoms with Gasteiger partial charge < -0.3 is 10.5 Å². The Balaban J connectivity index is 2.96. The summed E-state index contributed by atoms with van der Waals surface area (Å²) in [6.07, 6.45) is -3.08. The summed E-state index contributed by atoms with van der Waals surface area (Å²) in [7, 11) is 0. The summed E-state index contributed by atoms with van der Waals surface area (Å²) in [5, 5.41) is 0. The van der Waals surface area contributed by atoms with E-state index in [0.717, 1.165) is 0 Å². The van der Waals surface area contributed by atoms with Gasteiger partial charge in [0.15, 0.2) is 6.61 Å². The number of pyridine rings is 1. The van der Waals surface area contributed by atoms with E-state index in [4.69, 9.17) is 18.0 Å². The topological polar surface area (TPSA) is 48.1 Å². The van der Waals surface area contributed by atoms with E-state index in [1.165, 1.54) is 6.20 Å². The molecular weight excluding hydrogens is 241 g/mol. The van der Waals surface area contributed by atoms with Crippen molar-refractivity contribution in [2.75, 3.05) is 6.61 Å². The van der Waals surface area contributed by atoms with E-state index in [-0.39, 0.29) is 16.4 Å². The molecule has 0 unspecified atom stereocenters. The highest BCUT2D eigenvalue weighted by Gasteiger charge is 2.29. The van der Waals surface area contributed by atoms with Crippen LogP contribution in [0.4, 0.5) is 13.2 Å². The Morgan fingerprint density at radius 3 is 2.69 bits per heavy atom. The van der Waals surface area contributed by atoms with Gasteiger partial charge in [-0.25, -0.2) is 4.98 Å². The number of alkyl halides is 3. The lowest BCUT2D eigenvalue weighted by atomic mass is 10.1. The number of aryl methyl sites for hydroxylation is 1. The minimum absolute atomic E-state index is 0.0391. The molecule has 0 radical (unpaired) electrons. The number of nitrogens with two attached hydrogens (primary N) is 1. The summed E-state index contributed by atoms with van der Waals surface area (Å²) in [5.41, 5.74) is 6.25. The number of halogens is 3. The van der Waals surface area contributed by atoms with Crippen LogP contribution in [-0.4, -0.2) is 22.8 Å². The number of hydrogen-bond acceptors (Lipinski definition) is 3. The van der Waals surface area contributed by atoms with E-state index < -0.39 is 12.8 Å². The Hall–Kier alpha value is -1.37. The smallest absolute Gasteiger partial charge is 0.422 e. The minimum Gasteiger partial charge on any atom is -0.467 e. The van der Waals surface area contributed by atoms with Crippen molar-refractivity contribution in [3.8, 4) is 5.88 Å². The highest BCUT2D eigenvalue weighted by molar-refractivity contribution is 7.80. The first kappa shape index (κ1) is 12.7. The van der Waals surface area contributed by atoms with Gasteiger partial charge in [-0.1, -0.05) is 12.2 Å². The third-order valence-electron chi connectivity index (χ3n) is 1.74. The van der Waals surface area contributed by atoms with Crippen LogP contribution >= 0.6 is 12.2 Å². The molecule has 0 saturated heterocycles. The van der Waals surface area contributed by atoms with E-state index in [0.29, 0.717) is 5.56 Å². The van der Waals surface area contributed by atoms with Gasteiger partial charge >= 0.3 is 6.18 Å². The molecule has 2 N–H and O–H groups in total. The van der Waals surface area contributed by atoms with Gasteiger partial charge in [0.1, 0.15) is 4.99 Å². The molecule has 0 fully saturated rings. The van der Waals surface area contributed by atoms with E-state index in [9.17, 15) is 13.2 Å². The molecule has 0 spiro atoms. The molecule has 0 aliphatic carbocycles. The van der Waals surface area contributed by atoms with Crippen LogP contribution in [0.3, 0.4) is 0 Å². The predicted molar refractivity (Wildman–Crippen MR) is 56.4 cm³/mol. The first-order valence-electron chi connectivity index (χ1n) is 4.26. The van der Waals surface area contributed by atoms with E-state index in [2.05, 4.69) is 9.72 Å². The van der Waals surface area contributed by atoms with Gasteiger partial charge in [-0.05, 0) is 18.6 Å². The van der Waals surface area contributed by atoms with Crippen LogP contribution < -0.4 is 10.5 Å². The summed E-state index contributed by atoms with van der Waals surface area (Å²) in [4.78, 5) is 3.64. The molecule has 0 aromatic carbocycles. The lowest BCUT2D eigenvalue weighted by Crippen LogP contribution is -2.22. The molecule has 1 rings (SSSR count). The third-order valence-corrected chi connectivity index (χ3v) is 1.95. The standard InChI is InChI=1S/C9H9F3N2OS/c1-5-2-3-14-8(6(5)7(13)16)15-4-9(10,11)12/h2-3H,4H2,1H3,(H2,13,16). The zero-order valence-electron chi connectivity index (χ0n) is 8.34. The first-order chi connectivity index (χ1) is 7.31. The molecule has 1 aromatic rings. The van der Waals surface area contributed by atoms with Crippen molar-refractivity contribution >= 4 is 17.2 Å². The zero-order chi connectivity index (χ0) is 12.3. The highest BCUT2D eigenvalue weighted by Crippen LogP contribution is 2.22. The fourth-order valence-electron chi connectivity index (χ4n) is 1.09. The van der Waals surface area contributed by atoms with Crippen LogP contribution in [0.25, 0.3) is 0 Å². The number of thiocarbonyl (C=S) groups is 1. The van der Waals surface area contributed by atoms with Crippen LogP contribution in [-0.2, 0) is 0 Å². The van der Waals surface area contributed by atoms with E-state index in [1.807, 2.05) is 0 Å².